The number of hydrogen-bond acceptors (Lipinski definition) is 5. The van der Waals surface area contributed by atoms with E-state index in [-0.39, 0.29) is 5.82 Å². The number of hydrogen-bond donors (Lipinski definition) is 0. The van der Waals surface area contributed by atoms with E-state index in [1.807, 2.05) is 24.4 Å². The van der Waals surface area contributed by atoms with Crippen LogP contribution in [0.5, 0.6) is 0 Å². The SMILES string of the molecule is CCN(CC)c1nccc(N2CCN(c3ccc(F)cc3)CC2)n1. The maximum atomic E-state index is 13.1. The van der Waals surface area contributed by atoms with Crippen molar-refractivity contribution in [3.8, 4) is 0 Å². The Morgan fingerprint density at radius 3 is 2.21 bits per heavy atom. The van der Waals surface area contributed by atoms with Gasteiger partial charge in [-0.1, -0.05) is 0 Å². The standard InChI is InChI=1S/C18H24FN5/c1-3-22(4-2)18-20-10-9-17(21-18)24-13-11-23(12-14-24)16-7-5-15(19)6-8-16/h5-10H,3-4,11-14H2,1-2H3. The molecule has 0 saturated carbocycles. The number of piperazine rings is 1. The third-order valence-electron chi connectivity index (χ3n) is 4.47. The highest BCUT2D eigenvalue weighted by Crippen LogP contribution is 2.20. The molecule has 128 valence electrons. The van der Waals surface area contributed by atoms with E-state index in [2.05, 4.69) is 33.5 Å². The number of rotatable bonds is 5. The van der Waals surface area contributed by atoms with Crippen LogP contribution >= 0.6 is 0 Å². The van der Waals surface area contributed by atoms with Gasteiger partial charge in [-0.15, -0.1) is 0 Å². The second-order valence-corrected chi connectivity index (χ2v) is 5.84. The van der Waals surface area contributed by atoms with Crippen molar-refractivity contribution in [3.05, 3.63) is 42.3 Å². The molecular weight excluding hydrogens is 305 g/mol. The highest BCUT2D eigenvalue weighted by atomic mass is 19.1. The largest absolute Gasteiger partial charge is 0.368 e. The van der Waals surface area contributed by atoms with Gasteiger partial charge >= 0.3 is 0 Å². The molecule has 1 aliphatic heterocycles. The first kappa shape index (κ1) is 16.5. The third-order valence-corrected chi connectivity index (χ3v) is 4.47. The van der Waals surface area contributed by atoms with Crippen molar-refractivity contribution in [1.29, 1.82) is 0 Å². The lowest BCUT2D eigenvalue weighted by molar-refractivity contribution is 0.624. The second kappa shape index (κ2) is 7.47. The summed E-state index contributed by atoms with van der Waals surface area (Å²) in [6.45, 7) is 9.61. The summed E-state index contributed by atoms with van der Waals surface area (Å²) in [6, 6.07) is 8.69. The van der Waals surface area contributed by atoms with Crippen molar-refractivity contribution >= 4 is 17.5 Å². The molecule has 1 aromatic carbocycles. The summed E-state index contributed by atoms with van der Waals surface area (Å²) in [6.07, 6.45) is 1.84. The van der Waals surface area contributed by atoms with Crippen LogP contribution in [-0.2, 0) is 0 Å². The Kier molecular flexibility index (Phi) is 5.13. The van der Waals surface area contributed by atoms with Crippen LogP contribution in [0.15, 0.2) is 36.5 Å². The maximum Gasteiger partial charge on any atom is 0.227 e. The first-order chi connectivity index (χ1) is 11.7. The zero-order valence-corrected chi connectivity index (χ0v) is 14.3. The smallest absolute Gasteiger partial charge is 0.227 e. The molecule has 1 aliphatic rings. The van der Waals surface area contributed by atoms with Crippen molar-refractivity contribution in [2.45, 2.75) is 13.8 Å². The molecule has 1 fully saturated rings. The van der Waals surface area contributed by atoms with Gasteiger partial charge in [0.15, 0.2) is 0 Å². The molecule has 24 heavy (non-hydrogen) atoms. The minimum Gasteiger partial charge on any atom is -0.368 e. The predicted octanol–water partition coefficient (Wildman–Crippen LogP) is 2.79. The van der Waals surface area contributed by atoms with E-state index in [1.54, 1.807) is 0 Å². The number of benzene rings is 1. The average Bonchev–Trinajstić information content (AvgIpc) is 2.64. The van der Waals surface area contributed by atoms with E-state index in [0.29, 0.717) is 0 Å². The minimum absolute atomic E-state index is 0.192. The molecule has 2 heterocycles. The summed E-state index contributed by atoms with van der Waals surface area (Å²) in [4.78, 5) is 15.8. The Morgan fingerprint density at radius 2 is 1.58 bits per heavy atom. The Labute approximate surface area is 142 Å². The minimum atomic E-state index is -0.192. The zero-order chi connectivity index (χ0) is 16.9. The molecule has 0 bridgehead atoms. The average molecular weight is 329 g/mol. The van der Waals surface area contributed by atoms with E-state index in [9.17, 15) is 4.39 Å². The molecule has 0 radical (unpaired) electrons. The van der Waals surface area contributed by atoms with Gasteiger partial charge in [-0.2, -0.15) is 4.98 Å². The predicted molar refractivity (Wildman–Crippen MR) is 96.4 cm³/mol. The first-order valence-corrected chi connectivity index (χ1v) is 8.54. The molecule has 6 heteroatoms. The number of anilines is 3. The summed E-state index contributed by atoms with van der Waals surface area (Å²) in [5, 5.41) is 0. The lowest BCUT2D eigenvalue weighted by atomic mass is 10.2. The summed E-state index contributed by atoms with van der Waals surface area (Å²) < 4.78 is 13.1. The molecule has 1 saturated heterocycles. The normalized spacial score (nSPS) is 14.8. The van der Waals surface area contributed by atoms with Gasteiger partial charge in [0.05, 0.1) is 0 Å². The lowest BCUT2D eigenvalue weighted by Gasteiger charge is -2.37. The van der Waals surface area contributed by atoms with Gasteiger partial charge in [0.25, 0.3) is 0 Å². The van der Waals surface area contributed by atoms with E-state index in [4.69, 9.17) is 4.98 Å². The lowest BCUT2D eigenvalue weighted by Crippen LogP contribution is -2.47. The van der Waals surface area contributed by atoms with Gasteiger partial charge in [-0.25, -0.2) is 9.37 Å². The van der Waals surface area contributed by atoms with Crippen molar-refractivity contribution < 1.29 is 4.39 Å². The highest BCUT2D eigenvalue weighted by Gasteiger charge is 2.19. The Bertz CT molecular complexity index is 649. The van der Waals surface area contributed by atoms with Crippen molar-refractivity contribution in [3.63, 3.8) is 0 Å². The molecule has 0 amide bonds. The zero-order valence-electron chi connectivity index (χ0n) is 14.3. The number of aromatic nitrogens is 2. The Balaban J connectivity index is 1.66. The second-order valence-electron chi connectivity index (χ2n) is 5.84. The fourth-order valence-corrected chi connectivity index (χ4v) is 3.02. The van der Waals surface area contributed by atoms with Crippen LogP contribution in [0.25, 0.3) is 0 Å². The molecule has 2 aromatic rings. The molecule has 0 atom stereocenters. The summed E-state index contributed by atoms with van der Waals surface area (Å²) >= 11 is 0. The van der Waals surface area contributed by atoms with Crippen LogP contribution in [0.3, 0.4) is 0 Å². The molecular formula is C18H24FN5. The van der Waals surface area contributed by atoms with E-state index in [1.165, 1.54) is 12.1 Å². The fourth-order valence-electron chi connectivity index (χ4n) is 3.02. The maximum absolute atomic E-state index is 13.1. The summed E-state index contributed by atoms with van der Waals surface area (Å²) in [7, 11) is 0. The number of nitrogens with zero attached hydrogens (tertiary/aromatic N) is 5. The van der Waals surface area contributed by atoms with E-state index in [0.717, 1.165) is 56.7 Å². The van der Waals surface area contributed by atoms with Gasteiger partial charge in [0.1, 0.15) is 11.6 Å². The van der Waals surface area contributed by atoms with Gasteiger partial charge in [-0.3, -0.25) is 0 Å². The molecule has 0 unspecified atom stereocenters. The van der Waals surface area contributed by atoms with Crippen molar-refractivity contribution in [1.82, 2.24) is 9.97 Å². The first-order valence-electron chi connectivity index (χ1n) is 8.54. The molecule has 1 aromatic heterocycles. The van der Waals surface area contributed by atoms with Gasteiger partial charge < -0.3 is 14.7 Å². The van der Waals surface area contributed by atoms with Crippen molar-refractivity contribution in [2.75, 3.05) is 54.0 Å². The van der Waals surface area contributed by atoms with Gasteiger partial charge in [0.2, 0.25) is 5.95 Å². The monoisotopic (exact) mass is 329 g/mol. The quantitative estimate of drug-likeness (QED) is 0.843. The molecule has 0 aliphatic carbocycles. The van der Waals surface area contributed by atoms with E-state index >= 15 is 0 Å². The van der Waals surface area contributed by atoms with Crippen LogP contribution in [0.2, 0.25) is 0 Å². The van der Waals surface area contributed by atoms with Crippen LogP contribution in [-0.4, -0.2) is 49.2 Å². The highest BCUT2D eigenvalue weighted by molar-refractivity contribution is 5.50. The Morgan fingerprint density at radius 1 is 0.958 bits per heavy atom. The molecule has 0 spiro atoms. The van der Waals surface area contributed by atoms with Gasteiger partial charge in [0, 0.05) is 51.2 Å². The summed E-state index contributed by atoms with van der Waals surface area (Å²) in [5.74, 6) is 1.58. The topological polar surface area (TPSA) is 35.5 Å². The molecule has 5 nitrogen and oxygen atoms in total. The van der Waals surface area contributed by atoms with Gasteiger partial charge in [-0.05, 0) is 44.2 Å². The molecule has 0 N–H and O–H groups in total. The third kappa shape index (κ3) is 3.58. The Hall–Kier alpha value is -2.37. The van der Waals surface area contributed by atoms with Crippen LogP contribution in [0.4, 0.5) is 21.8 Å². The molecule has 3 rings (SSSR count). The number of halogens is 1. The van der Waals surface area contributed by atoms with Crippen LogP contribution < -0.4 is 14.7 Å². The summed E-state index contributed by atoms with van der Waals surface area (Å²) in [5.41, 5.74) is 1.07. The fraction of sp³-hybridized carbons (Fsp3) is 0.444. The van der Waals surface area contributed by atoms with E-state index < -0.39 is 0 Å². The van der Waals surface area contributed by atoms with Crippen LogP contribution in [0, 0.1) is 5.82 Å². The van der Waals surface area contributed by atoms with Crippen LogP contribution in [0.1, 0.15) is 13.8 Å². The van der Waals surface area contributed by atoms with Crippen molar-refractivity contribution in [2.24, 2.45) is 0 Å².